The van der Waals surface area contributed by atoms with Crippen LogP contribution in [0.2, 0.25) is 0 Å². The molecule has 0 saturated carbocycles. The zero-order chi connectivity index (χ0) is 18.4. The average Bonchev–Trinajstić information content (AvgIpc) is 3.01. The predicted octanol–water partition coefficient (Wildman–Crippen LogP) is 3.89. The smallest absolute Gasteiger partial charge is 0.191 e. The van der Waals surface area contributed by atoms with Gasteiger partial charge in [0.2, 0.25) is 0 Å². The first kappa shape index (κ1) is 21.3. The molecule has 27 heavy (non-hydrogen) atoms. The molecule has 1 aliphatic rings. The first-order valence-corrected chi connectivity index (χ1v) is 9.13. The summed E-state index contributed by atoms with van der Waals surface area (Å²) in [5, 5.41) is 6.69. The van der Waals surface area contributed by atoms with E-state index in [1.807, 2.05) is 25.1 Å². The summed E-state index contributed by atoms with van der Waals surface area (Å²) >= 11 is 0. The zero-order valence-corrected chi connectivity index (χ0v) is 18.4. The van der Waals surface area contributed by atoms with Gasteiger partial charge in [0, 0.05) is 37.7 Å². The highest BCUT2D eigenvalue weighted by molar-refractivity contribution is 14.0. The molecule has 1 heterocycles. The maximum absolute atomic E-state index is 5.89. The zero-order valence-electron chi connectivity index (χ0n) is 16.1. The van der Waals surface area contributed by atoms with Gasteiger partial charge in [-0.05, 0) is 31.5 Å². The molecule has 1 unspecified atom stereocenters. The van der Waals surface area contributed by atoms with Crippen LogP contribution in [0.5, 0.6) is 11.5 Å². The molecule has 0 aromatic heterocycles. The van der Waals surface area contributed by atoms with E-state index in [0.29, 0.717) is 13.2 Å². The second-order valence-corrected chi connectivity index (χ2v) is 6.40. The van der Waals surface area contributed by atoms with Crippen LogP contribution in [-0.4, -0.2) is 25.7 Å². The van der Waals surface area contributed by atoms with E-state index in [0.717, 1.165) is 36.0 Å². The first-order valence-electron chi connectivity index (χ1n) is 9.13. The number of nitrogens with zero attached hydrogens (tertiary/aromatic N) is 1. The lowest BCUT2D eigenvalue weighted by molar-refractivity contribution is 0.254. The lowest BCUT2D eigenvalue weighted by Gasteiger charge is -2.15. The lowest BCUT2D eigenvalue weighted by atomic mass is 10.1. The number of aliphatic imine (C=N–C) groups is 1. The number of halogens is 1. The molecule has 0 aliphatic carbocycles. The molecule has 0 spiro atoms. The van der Waals surface area contributed by atoms with E-state index < -0.39 is 0 Å². The molecule has 0 amide bonds. The summed E-state index contributed by atoms with van der Waals surface area (Å²) in [5.74, 6) is 2.63. The van der Waals surface area contributed by atoms with Gasteiger partial charge in [0.25, 0.3) is 0 Å². The third kappa shape index (κ3) is 5.76. The maximum Gasteiger partial charge on any atom is 0.191 e. The molecule has 1 atom stereocenters. The standard InChI is InChI=1S/C21H27N3O2.HI/c1-4-25-19-11-17-10-15(2)26-20(17)12-18(19)14-24-21(22-3)23-13-16-8-6-5-7-9-16;/h5-9,11-12,15H,4,10,13-14H2,1-3H3,(H2,22,23,24);1H. The quantitative estimate of drug-likeness (QED) is 0.374. The highest BCUT2D eigenvalue weighted by Gasteiger charge is 2.21. The van der Waals surface area contributed by atoms with Crippen molar-refractivity contribution < 1.29 is 9.47 Å². The number of benzene rings is 2. The molecule has 146 valence electrons. The van der Waals surface area contributed by atoms with Crippen LogP contribution in [0.15, 0.2) is 47.5 Å². The van der Waals surface area contributed by atoms with Crippen molar-refractivity contribution in [3.63, 3.8) is 0 Å². The third-order valence-corrected chi connectivity index (χ3v) is 4.35. The van der Waals surface area contributed by atoms with Gasteiger partial charge in [-0.2, -0.15) is 0 Å². The Hall–Kier alpha value is -1.96. The Labute approximate surface area is 178 Å². The van der Waals surface area contributed by atoms with Crippen LogP contribution in [0, 0.1) is 0 Å². The number of nitrogens with one attached hydrogen (secondary N) is 2. The summed E-state index contributed by atoms with van der Waals surface area (Å²) < 4.78 is 11.7. The van der Waals surface area contributed by atoms with E-state index >= 15 is 0 Å². The third-order valence-electron chi connectivity index (χ3n) is 4.35. The molecule has 6 heteroatoms. The van der Waals surface area contributed by atoms with Crippen molar-refractivity contribution in [1.29, 1.82) is 0 Å². The molecule has 0 radical (unpaired) electrons. The molecule has 2 N–H and O–H groups in total. The summed E-state index contributed by atoms with van der Waals surface area (Å²) in [7, 11) is 1.78. The summed E-state index contributed by atoms with van der Waals surface area (Å²) in [4.78, 5) is 4.30. The van der Waals surface area contributed by atoms with Gasteiger partial charge in [-0.1, -0.05) is 30.3 Å². The number of ether oxygens (including phenoxy) is 2. The lowest BCUT2D eigenvalue weighted by Crippen LogP contribution is -2.36. The molecule has 0 bridgehead atoms. The van der Waals surface area contributed by atoms with Crippen molar-refractivity contribution in [3.05, 3.63) is 59.2 Å². The molecular formula is C21H28IN3O2. The summed E-state index contributed by atoms with van der Waals surface area (Å²) in [6.45, 7) is 6.08. The predicted molar refractivity (Wildman–Crippen MR) is 120 cm³/mol. The van der Waals surface area contributed by atoms with Crippen molar-refractivity contribution in [2.24, 2.45) is 4.99 Å². The molecule has 3 rings (SSSR count). The van der Waals surface area contributed by atoms with E-state index in [-0.39, 0.29) is 30.1 Å². The van der Waals surface area contributed by atoms with Crippen LogP contribution in [0.3, 0.4) is 0 Å². The van der Waals surface area contributed by atoms with Crippen LogP contribution < -0.4 is 20.1 Å². The van der Waals surface area contributed by atoms with Crippen LogP contribution in [0.4, 0.5) is 0 Å². The molecule has 5 nitrogen and oxygen atoms in total. The number of guanidine groups is 1. The molecule has 0 fully saturated rings. The van der Waals surface area contributed by atoms with E-state index in [4.69, 9.17) is 9.47 Å². The Bertz CT molecular complexity index is 766. The molecule has 1 aliphatic heterocycles. The van der Waals surface area contributed by atoms with Gasteiger partial charge in [-0.15, -0.1) is 24.0 Å². The van der Waals surface area contributed by atoms with E-state index in [9.17, 15) is 0 Å². The van der Waals surface area contributed by atoms with Crippen LogP contribution in [0.1, 0.15) is 30.5 Å². The maximum atomic E-state index is 5.89. The van der Waals surface area contributed by atoms with Crippen molar-refractivity contribution in [3.8, 4) is 11.5 Å². The van der Waals surface area contributed by atoms with Crippen molar-refractivity contribution >= 4 is 29.9 Å². The van der Waals surface area contributed by atoms with Crippen molar-refractivity contribution in [2.75, 3.05) is 13.7 Å². The fourth-order valence-corrected chi connectivity index (χ4v) is 3.09. The van der Waals surface area contributed by atoms with Crippen LogP contribution in [0.25, 0.3) is 0 Å². The Morgan fingerprint density at radius 2 is 1.93 bits per heavy atom. The van der Waals surface area contributed by atoms with Gasteiger partial charge in [0.15, 0.2) is 5.96 Å². The molecule has 2 aromatic rings. The van der Waals surface area contributed by atoms with Crippen molar-refractivity contribution in [2.45, 2.75) is 39.5 Å². The van der Waals surface area contributed by atoms with E-state index in [1.165, 1.54) is 11.1 Å². The Balaban J connectivity index is 0.00000261. The van der Waals surface area contributed by atoms with Gasteiger partial charge in [0.1, 0.15) is 17.6 Å². The minimum absolute atomic E-state index is 0. The topological polar surface area (TPSA) is 54.9 Å². The van der Waals surface area contributed by atoms with Gasteiger partial charge >= 0.3 is 0 Å². The van der Waals surface area contributed by atoms with Gasteiger partial charge in [-0.25, -0.2) is 0 Å². The van der Waals surface area contributed by atoms with Crippen LogP contribution >= 0.6 is 24.0 Å². The summed E-state index contributed by atoms with van der Waals surface area (Å²) in [6.07, 6.45) is 1.16. The van der Waals surface area contributed by atoms with Gasteiger partial charge in [-0.3, -0.25) is 4.99 Å². The van der Waals surface area contributed by atoms with Gasteiger partial charge in [0.05, 0.1) is 6.61 Å². The highest BCUT2D eigenvalue weighted by Crippen LogP contribution is 2.35. The number of hydrogen-bond acceptors (Lipinski definition) is 3. The average molecular weight is 481 g/mol. The monoisotopic (exact) mass is 481 g/mol. The Morgan fingerprint density at radius 3 is 2.63 bits per heavy atom. The van der Waals surface area contributed by atoms with E-state index in [2.05, 4.69) is 46.8 Å². The summed E-state index contributed by atoms with van der Waals surface area (Å²) in [5.41, 5.74) is 3.50. The Morgan fingerprint density at radius 1 is 1.19 bits per heavy atom. The largest absolute Gasteiger partial charge is 0.494 e. The SMILES string of the molecule is CCOc1cc2c(cc1CNC(=NC)NCc1ccccc1)OC(C)C2.I. The van der Waals surface area contributed by atoms with Crippen LogP contribution in [-0.2, 0) is 19.5 Å². The minimum atomic E-state index is 0. The normalized spacial score (nSPS) is 15.4. The van der Waals surface area contributed by atoms with E-state index in [1.54, 1.807) is 7.05 Å². The first-order chi connectivity index (χ1) is 12.7. The van der Waals surface area contributed by atoms with Crippen molar-refractivity contribution in [1.82, 2.24) is 10.6 Å². The number of fused-ring (bicyclic) bond motifs is 1. The summed E-state index contributed by atoms with van der Waals surface area (Å²) in [6, 6.07) is 14.5. The Kier molecular flexibility index (Phi) is 8.22. The molecule has 2 aromatic carbocycles. The fourth-order valence-electron chi connectivity index (χ4n) is 3.09. The second-order valence-electron chi connectivity index (χ2n) is 6.40. The fraction of sp³-hybridized carbons (Fsp3) is 0.381. The number of hydrogen-bond donors (Lipinski definition) is 2. The number of rotatable bonds is 6. The highest BCUT2D eigenvalue weighted by atomic mass is 127. The molecular weight excluding hydrogens is 453 g/mol. The van der Waals surface area contributed by atoms with Gasteiger partial charge < -0.3 is 20.1 Å². The molecule has 0 saturated heterocycles. The minimum Gasteiger partial charge on any atom is -0.494 e. The second kappa shape index (κ2) is 10.4.